The average molecular weight is 229 g/mol. The summed E-state index contributed by atoms with van der Waals surface area (Å²) >= 11 is 0. The summed E-state index contributed by atoms with van der Waals surface area (Å²) in [5.41, 5.74) is 2.36. The fourth-order valence-corrected chi connectivity index (χ4v) is 1.98. The van der Waals surface area contributed by atoms with Gasteiger partial charge in [-0.05, 0) is 23.1 Å². The first-order valence-electron chi connectivity index (χ1n) is 5.72. The number of aromatic nitrogens is 3. The summed E-state index contributed by atoms with van der Waals surface area (Å²) in [6.07, 6.45) is 1.56. The monoisotopic (exact) mass is 229 g/mol. The lowest BCUT2D eigenvalue weighted by Gasteiger charge is -2.23. The third-order valence-corrected chi connectivity index (χ3v) is 3.03. The third kappa shape index (κ3) is 1.60. The second kappa shape index (κ2) is 3.32. The number of hydrogen-bond donors (Lipinski definition) is 0. The van der Waals surface area contributed by atoms with Gasteiger partial charge in [0, 0.05) is 0 Å². The Morgan fingerprint density at radius 1 is 1.29 bits per heavy atom. The number of hydrogen-bond acceptors (Lipinski definition) is 3. The second-order valence-corrected chi connectivity index (χ2v) is 5.31. The molecule has 0 saturated carbocycles. The molecule has 0 spiro atoms. The molecule has 0 bridgehead atoms. The molecular formula is C13H15N3O. The first kappa shape index (κ1) is 10.3. The lowest BCUT2D eigenvalue weighted by atomic mass is 9.87. The van der Waals surface area contributed by atoms with Gasteiger partial charge in [-0.3, -0.25) is 0 Å². The van der Waals surface area contributed by atoms with Gasteiger partial charge < -0.3 is 4.74 Å². The predicted octanol–water partition coefficient (Wildman–Crippen LogP) is 2.46. The molecule has 1 aromatic heterocycles. The molecule has 1 aromatic carbocycles. The van der Waals surface area contributed by atoms with E-state index in [1.807, 2.05) is 10.7 Å². The molecule has 0 radical (unpaired) electrons. The quantitative estimate of drug-likeness (QED) is 0.696. The highest BCUT2D eigenvalue weighted by Crippen LogP contribution is 2.33. The summed E-state index contributed by atoms with van der Waals surface area (Å²) in [6.45, 7) is 7.07. The number of benzene rings is 1. The van der Waals surface area contributed by atoms with Crippen LogP contribution in [-0.2, 0) is 12.0 Å². The van der Waals surface area contributed by atoms with Crippen LogP contribution in [0.4, 0.5) is 0 Å². The Kier molecular flexibility index (Phi) is 2.02. The lowest BCUT2D eigenvalue weighted by Crippen LogP contribution is -2.16. The van der Waals surface area contributed by atoms with Gasteiger partial charge >= 0.3 is 0 Å². The van der Waals surface area contributed by atoms with Crippen LogP contribution < -0.4 is 4.74 Å². The Balaban J connectivity index is 2.14. The molecule has 0 unspecified atom stereocenters. The van der Waals surface area contributed by atoms with Crippen molar-refractivity contribution in [2.75, 3.05) is 0 Å². The van der Waals surface area contributed by atoms with Crippen molar-refractivity contribution in [3.05, 3.63) is 35.9 Å². The summed E-state index contributed by atoms with van der Waals surface area (Å²) in [5, 5.41) is 4.22. The van der Waals surface area contributed by atoms with E-state index in [1.165, 1.54) is 5.56 Å². The predicted molar refractivity (Wildman–Crippen MR) is 64.4 cm³/mol. The van der Waals surface area contributed by atoms with Crippen molar-refractivity contribution in [1.82, 2.24) is 14.8 Å². The number of fused-ring (bicyclic) bond motifs is 3. The Morgan fingerprint density at radius 2 is 2.12 bits per heavy atom. The maximum absolute atomic E-state index is 5.72. The van der Waals surface area contributed by atoms with Crippen LogP contribution in [0.25, 0.3) is 5.69 Å². The highest BCUT2D eigenvalue weighted by atomic mass is 16.5. The zero-order chi connectivity index (χ0) is 12.0. The minimum absolute atomic E-state index is 0.126. The van der Waals surface area contributed by atoms with Crippen LogP contribution in [0.1, 0.15) is 32.2 Å². The van der Waals surface area contributed by atoms with E-state index in [-0.39, 0.29) is 5.41 Å². The second-order valence-electron chi connectivity index (χ2n) is 5.31. The average Bonchev–Trinajstić information content (AvgIpc) is 2.75. The maximum Gasteiger partial charge on any atom is 0.170 e. The standard InChI is InChI=1S/C13H15N3O/c1-13(2,3)9-4-5-10-11(6-9)17-7-12-14-8-15-16(10)12/h4-6,8H,7H2,1-3H3. The fraction of sp³-hybridized carbons (Fsp3) is 0.385. The summed E-state index contributed by atoms with van der Waals surface area (Å²) in [5.74, 6) is 1.73. The van der Waals surface area contributed by atoms with Crippen LogP contribution in [0.5, 0.6) is 5.75 Å². The molecule has 0 fully saturated rings. The van der Waals surface area contributed by atoms with Gasteiger partial charge in [0.05, 0.1) is 0 Å². The molecule has 0 N–H and O–H groups in total. The molecule has 4 nitrogen and oxygen atoms in total. The van der Waals surface area contributed by atoms with E-state index in [9.17, 15) is 0 Å². The van der Waals surface area contributed by atoms with Crippen LogP contribution in [-0.4, -0.2) is 14.8 Å². The highest BCUT2D eigenvalue weighted by Gasteiger charge is 2.21. The van der Waals surface area contributed by atoms with E-state index < -0.39 is 0 Å². The van der Waals surface area contributed by atoms with E-state index in [0.29, 0.717) is 6.61 Å². The smallest absolute Gasteiger partial charge is 0.170 e. The van der Waals surface area contributed by atoms with Crippen molar-refractivity contribution < 1.29 is 4.74 Å². The highest BCUT2D eigenvalue weighted by molar-refractivity contribution is 5.51. The van der Waals surface area contributed by atoms with E-state index in [4.69, 9.17) is 4.74 Å². The maximum atomic E-state index is 5.72. The van der Waals surface area contributed by atoms with Crippen LogP contribution in [0.15, 0.2) is 24.5 Å². The van der Waals surface area contributed by atoms with Gasteiger partial charge in [-0.15, -0.1) is 0 Å². The van der Waals surface area contributed by atoms with Crippen molar-refractivity contribution in [2.24, 2.45) is 0 Å². The first-order chi connectivity index (χ1) is 8.05. The molecule has 0 saturated heterocycles. The largest absolute Gasteiger partial charge is 0.483 e. The first-order valence-corrected chi connectivity index (χ1v) is 5.72. The van der Waals surface area contributed by atoms with Gasteiger partial charge in [0.25, 0.3) is 0 Å². The molecule has 0 amide bonds. The summed E-state index contributed by atoms with van der Waals surface area (Å²) in [7, 11) is 0. The Hall–Kier alpha value is -1.84. The molecule has 17 heavy (non-hydrogen) atoms. The number of ether oxygens (including phenoxy) is 1. The zero-order valence-electron chi connectivity index (χ0n) is 10.3. The van der Waals surface area contributed by atoms with Crippen molar-refractivity contribution in [3.8, 4) is 11.4 Å². The van der Waals surface area contributed by atoms with Crippen molar-refractivity contribution >= 4 is 0 Å². The van der Waals surface area contributed by atoms with Gasteiger partial charge in [0.2, 0.25) is 0 Å². The van der Waals surface area contributed by atoms with Crippen molar-refractivity contribution in [3.63, 3.8) is 0 Å². The Labute approximate surface area is 100 Å². The molecule has 4 heteroatoms. The third-order valence-electron chi connectivity index (χ3n) is 3.03. The summed E-state index contributed by atoms with van der Waals surface area (Å²) in [6, 6.07) is 6.27. The van der Waals surface area contributed by atoms with Crippen LogP contribution in [0.2, 0.25) is 0 Å². The van der Waals surface area contributed by atoms with Crippen molar-refractivity contribution in [2.45, 2.75) is 32.8 Å². The van der Waals surface area contributed by atoms with E-state index in [1.54, 1.807) is 6.33 Å². The van der Waals surface area contributed by atoms with Crippen LogP contribution in [0, 0.1) is 0 Å². The van der Waals surface area contributed by atoms with Gasteiger partial charge in [0.15, 0.2) is 5.82 Å². The molecule has 1 aliphatic heterocycles. The van der Waals surface area contributed by atoms with Gasteiger partial charge in [-0.25, -0.2) is 9.67 Å². The molecule has 1 aliphatic rings. The SMILES string of the molecule is CC(C)(C)c1ccc2c(c1)OCc1ncnn1-2. The minimum atomic E-state index is 0.126. The fourth-order valence-electron chi connectivity index (χ4n) is 1.98. The normalized spacial score (nSPS) is 13.8. The lowest BCUT2D eigenvalue weighted by molar-refractivity contribution is 0.275. The van der Waals surface area contributed by atoms with Gasteiger partial charge in [-0.1, -0.05) is 26.8 Å². The van der Waals surface area contributed by atoms with E-state index in [2.05, 4.69) is 43.0 Å². The Bertz CT molecular complexity index is 566. The van der Waals surface area contributed by atoms with E-state index >= 15 is 0 Å². The molecular weight excluding hydrogens is 214 g/mol. The summed E-state index contributed by atoms with van der Waals surface area (Å²) in [4.78, 5) is 4.15. The number of rotatable bonds is 0. The van der Waals surface area contributed by atoms with Crippen LogP contribution in [0.3, 0.4) is 0 Å². The van der Waals surface area contributed by atoms with Crippen LogP contribution >= 0.6 is 0 Å². The molecule has 3 rings (SSSR count). The van der Waals surface area contributed by atoms with E-state index in [0.717, 1.165) is 17.3 Å². The molecule has 2 heterocycles. The molecule has 0 atom stereocenters. The number of nitrogens with zero attached hydrogens (tertiary/aromatic N) is 3. The molecule has 2 aromatic rings. The van der Waals surface area contributed by atoms with Crippen molar-refractivity contribution in [1.29, 1.82) is 0 Å². The topological polar surface area (TPSA) is 39.9 Å². The molecule has 88 valence electrons. The van der Waals surface area contributed by atoms with Gasteiger partial charge in [-0.2, -0.15) is 5.10 Å². The Morgan fingerprint density at radius 3 is 2.88 bits per heavy atom. The molecule has 0 aliphatic carbocycles. The zero-order valence-corrected chi connectivity index (χ0v) is 10.3. The van der Waals surface area contributed by atoms with Gasteiger partial charge in [0.1, 0.15) is 24.4 Å². The summed E-state index contributed by atoms with van der Waals surface area (Å²) < 4.78 is 7.56. The minimum Gasteiger partial charge on any atom is -0.483 e.